The van der Waals surface area contributed by atoms with Crippen LogP contribution in [-0.4, -0.2) is 61.4 Å². The normalized spacial score (nSPS) is 27.2. The molecule has 0 aliphatic carbocycles. The van der Waals surface area contributed by atoms with Gasteiger partial charge in [-0.2, -0.15) is 0 Å². The average Bonchev–Trinajstić information content (AvgIpc) is 3.46. The van der Waals surface area contributed by atoms with Crippen molar-refractivity contribution in [1.82, 2.24) is 4.90 Å². The molecule has 1 N–H and O–H groups in total. The van der Waals surface area contributed by atoms with Crippen LogP contribution in [0, 0.1) is 5.92 Å². The van der Waals surface area contributed by atoms with E-state index in [9.17, 15) is 19.5 Å². The number of amides is 3. The van der Waals surface area contributed by atoms with Crippen LogP contribution in [0.25, 0.3) is 0 Å². The highest BCUT2D eigenvalue weighted by Gasteiger charge is 2.67. The zero-order valence-corrected chi connectivity index (χ0v) is 27.5. The predicted molar refractivity (Wildman–Crippen MR) is 175 cm³/mol. The van der Waals surface area contributed by atoms with Gasteiger partial charge in [0.2, 0.25) is 20.2 Å². The van der Waals surface area contributed by atoms with Crippen molar-refractivity contribution < 1.29 is 28.3 Å². The summed E-state index contributed by atoms with van der Waals surface area (Å²) in [6, 6.07) is 22.7. The summed E-state index contributed by atoms with van der Waals surface area (Å²) < 4.78 is 23.1. The number of hydrogen-bond donors (Lipinski definition) is 1. The zero-order valence-electron chi connectivity index (χ0n) is 26.5. The second-order valence-corrected chi connectivity index (χ2v) is 17.5. The van der Waals surface area contributed by atoms with Gasteiger partial charge in [-0.25, -0.2) is 0 Å². The number of nitrogens with zero attached hydrogens (tertiary/aromatic N) is 3. The molecule has 4 aliphatic heterocycles. The lowest BCUT2D eigenvalue weighted by molar-refractivity contribution is -0.151. The minimum atomic E-state index is -3.46. The van der Waals surface area contributed by atoms with Gasteiger partial charge in [-0.15, -0.1) is 0 Å². The van der Waals surface area contributed by atoms with Gasteiger partial charge >= 0.3 is 0 Å². The first-order chi connectivity index (χ1) is 22.0. The first kappa shape index (κ1) is 30.8. The molecule has 46 heavy (non-hydrogen) atoms. The van der Waals surface area contributed by atoms with Crippen molar-refractivity contribution in [3.8, 4) is 0 Å². The maximum absolute atomic E-state index is 16.3. The van der Waals surface area contributed by atoms with Crippen molar-refractivity contribution in [3.05, 3.63) is 95.1 Å². The van der Waals surface area contributed by atoms with Crippen LogP contribution in [0.15, 0.2) is 72.8 Å². The van der Waals surface area contributed by atoms with E-state index in [-0.39, 0.29) is 43.3 Å². The summed E-state index contributed by atoms with van der Waals surface area (Å²) in [5, 5.41) is 10.2. The molecule has 5 atom stereocenters. The van der Waals surface area contributed by atoms with Crippen molar-refractivity contribution in [1.29, 1.82) is 0 Å². The molecule has 10 heteroatoms. The Hall–Kier alpha value is -3.86. The van der Waals surface area contributed by atoms with Gasteiger partial charge < -0.3 is 28.7 Å². The fourth-order valence-corrected chi connectivity index (χ4v) is 10.7. The Morgan fingerprint density at radius 1 is 1.02 bits per heavy atom. The Morgan fingerprint density at radius 3 is 2.37 bits per heavy atom. The number of halogens is 1. The lowest BCUT2D eigenvalue weighted by Crippen LogP contribution is -2.48. The maximum Gasteiger partial charge on any atom is 0.264 e. The van der Waals surface area contributed by atoms with Crippen molar-refractivity contribution in [3.63, 3.8) is 0 Å². The molecule has 2 fully saturated rings. The molecule has 0 bridgehead atoms. The van der Waals surface area contributed by atoms with Crippen LogP contribution in [0.3, 0.4) is 0 Å². The summed E-state index contributed by atoms with van der Waals surface area (Å²) in [6.45, 7) is 6.36. The number of benzene rings is 3. The highest BCUT2D eigenvalue weighted by molar-refractivity contribution is 6.72. The molecule has 0 radical (unpaired) electrons. The molecule has 1 spiro atoms. The lowest BCUT2D eigenvalue weighted by Gasteiger charge is -2.37. The van der Waals surface area contributed by atoms with E-state index in [1.54, 1.807) is 27.8 Å². The number of aliphatic hydroxyl groups excluding tert-OH is 1. The number of anilines is 2. The summed E-state index contributed by atoms with van der Waals surface area (Å²) >= 11 is 0. The molecule has 0 saturated carbocycles. The molecule has 3 amide bonds. The number of β-lactam (4-membered cyclic amide) rings is 1. The summed E-state index contributed by atoms with van der Waals surface area (Å²) in [7, 11) is -3.46. The molecule has 240 valence electrons. The average molecular weight is 642 g/mol. The zero-order chi connectivity index (χ0) is 32.4. The third kappa shape index (κ3) is 4.89. The fourth-order valence-electron chi connectivity index (χ4n) is 8.24. The van der Waals surface area contributed by atoms with Crippen LogP contribution in [0.2, 0.25) is 18.6 Å². The van der Waals surface area contributed by atoms with E-state index in [0.717, 1.165) is 28.1 Å². The summed E-state index contributed by atoms with van der Waals surface area (Å²) in [5.74, 6) is -0.861. The van der Waals surface area contributed by atoms with Gasteiger partial charge in [0.25, 0.3) is 5.91 Å². The minimum absolute atomic E-state index is 0.0676. The Labute approximate surface area is 269 Å². The van der Waals surface area contributed by atoms with E-state index in [4.69, 9.17) is 4.74 Å². The van der Waals surface area contributed by atoms with E-state index in [2.05, 4.69) is 0 Å². The Kier molecular flexibility index (Phi) is 7.65. The molecular weight excluding hydrogens is 601 g/mol. The second-order valence-electron chi connectivity index (χ2n) is 13.7. The number of carbonyl (C=O) groups is 3. The maximum atomic E-state index is 16.3. The number of rotatable bonds is 7. The van der Waals surface area contributed by atoms with Gasteiger partial charge in [-0.05, 0) is 54.4 Å². The van der Waals surface area contributed by atoms with Crippen LogP contribution in [0.1, 0.15) is 42.0 Å². The molecule has 2 saturated heterocycles. The van der Waals surface area contributed by atoms with Crippen LogP contribution in [0.4, 0.5) is 15.5 Å². The van der Waals surface area contributed by atoms with Crippen LogP contribution >= 0.6 is 0 Å². The molecule has 4 heterocycles. The van der Waals surface area contributed by atoms with Crippen molar-refractivity contribution >= 4 is 37.5 Å². The largest absolute Gasteiger partial charge is 0.394 e. The second kappa shape index (κ2) is 11.4. The number of aliphatic hydroxyl groups is 1. The monoisotopic (exact) mass is 641 g/mol. The SMILES string of the molecule is C[C@@H]1[C@@H]([Si](C)(C)F)[C@H](CC(=O)N2Cc3ccccc3C[C@H]2CO)O[C@@]12C(=O)N(Cc1ccc(N3CCC3=O)cc1)c1ccccc12. The van der Waals surface area contributed by atoms with Crippen molar-refractivity contribution in [2.45, 2.75) is 75.7 Å². The van der Waals surface area contributed by atoms with Gasteiger partial charge in [-0.3, -0.25) is 14.4 Å². The summed E-state index contributed by atoms with van der Waals surface area (Å²) in [4.78, 5) is 45.7. The molecular formula is C36H40FN3O5Si. The summed E-state index contributed by atoms with van der Waals surface area (Å²) in [6.07, 6.45) is 0.243. The molecule has 4 aliphatic rings. The van der Waals surface area contributed by atoms with Gasteiger partial charge in [-0.1, -0.05) is 61.5 Å². The third-order valence-corrected chi connectivity index (χ3v) is 13.0. The highest BCUT2D eigenvalue weighted by atomic mass is 28.4. The number of hydrogen-bond acceptors (Lipinski definition) is 5. The van der Waals surface area contributed by atoms with Crippen LogP contribution in [0.5, 0.6) is 0 Å². The van der Waals surface area contributed by atoms with Crippen LogP contribution < -0.4 is 9.80 Å². The van der Waals surface area contributed by atoms with Crippen molar-refractivity contribution in [2.75, 3.05) is 23.0 Å². The Balaban J connectivity index is 1.18. The van der Waals surface area contributed by atoms with E-state index in [1.807, 2.05) is 79.7 Å². The molecule has 0 unspecified atom stereocenters. The number of fused-ring (bicyclic) bond motifs is 3. The number of para-hydroxylation sites is 1. The van der Waals surface area contributed by atoms with E-state index in [0.29, 0.717) is 31.5 Å². The molecule has 3 aromatic carbocycles. The molecule has 3 aromatic rings. The summed E-state index contributed by atoms with van der Waals surface area (Å²) in [5.41, 5.74) is 3.28. The van der Waals surface area contributed by atoms with E-state index in [1.165, 1.54) is 0 Å². The standard InChI is InChI=1S/C36H40FN3O5Si/c1-23-34(46(2,3)37)31(19-33(43)39-21-26-9-5-4-8-25(26)18-28(39)22-41)45-36(23)29-10-6-7-11-30(29)40(35(36)44)20-24-12-14-27(15-13-24)38-17-16-32(38)42/h4-15,23,28,31,34,41H,16-22H2,1-3H3/t23-,28+,31+,34-,36+/m1/s1. The molecule has 0 aromatic heterocycles. The number of ether oxygens (including phenoxy) is 1. The highest BCUT2D eigenvalue weighted by Crippen LogP contribution is 2.60. The van der Waals surface area contributed by atoms with Gasteiger partial charge in [0.05, 0.1) is 37.4 Å². The van der Waals surface area contributed by atoms with Crippen LogP contribution in [-0.2, 0) is 44.2 Å². The van der Waals surface area contributed by atoms with E-state index >= 15 is 4.11 Å². The van der Waals surface area contributed by atoms with E-state index < -0.39 is 31.6 Å². The Morgan fingerprint density at radius 2 is 1.72 bits per heavy atom. The lowest BCUT2D eigenvalue weighted by atomic mass is 9.82. The first-order valence-electron chi connectivity index (χ1n) is 16.2. The minimum Gasteiger partial charge on any atom is -0.394 e. The van der Waals surface area contributed by atoms with Gasteiger partial charge in [0.1, 0.15) is 0 Å². The third-order valence-electron chi connectivity index (χ3n) is 10.6. The fraction of sp³-hybridized carbons (Fsp3) is 0.417. The van der Waals surface area contributed by atoms with Crippen molar-refractivity contribution in [2.24, 2.45) is 5.92 Å². The smallest absolute Gasteiger partial charge is 0.264 e. The Bertz CT molecular complexity index is 1690. The van der Waals surface area contributed by atoms with Gasteiger partial charge in [0.15, 0.2) is 5.60 Å². The topological polar surface area (TPSA) is 90.4 Å². The number of carbonyl (C=O) groups excluding carboxylic acids is 3. The molecule has 7 rings (SSSR count). The van der Waals surface area contributed by atoms with Gasteiger partial charge in [0, 0.05) is 42.2 Å². The molecule has 8 nitrogen and oxygen atoms in total. The quantitative estimate of drug-likeness (QED) is 0.221. The first-order valence-corrected chi connectivity index (χ1v) is 19.1. The predicted octanol–water partition coefficient (Wildman–Crippen LogP) is 5.08.